The first-order chi connectivity index (χ1) is 16.1. The van der Waals surface area contributed by atoms with Crippen molar-refractivity contribution < 1.29 is 19.1 Å². The lowest BCUT2D eigenvalue weighted by atomic mass is 10.1. The Hall–Kier alpha value is -3.02. The van der Waals surface area contributed by atoms with Gasteiger partial charge in [-0.2, -0.15) is 0 Å². The largest absolute Gasteiger partial charge is 0.497 e. The topological polar surface area (TPSA) is 67.9 Å². The second kappa shape index (κ2) is 14.9. The highest BCUT2D eigenvalue weighted by molar-refractivity contribution is 5.87. The molecule has 0 saturated carbocycles. The quantitative estimate of drug-likeness (QED) is 0.399. The Labute approximate surface area is 198 Å². The molecule has 0 radical (unpaired) electrons. The van der Waals surface area contributed by atoms with Crippen LogP contribution in [-0.2, 0) is 16.0 Å². The Kier molecular flexibility index (Phi) is 11.9. The molecule has 2 aromatic rings. The van der Waals surface area contributed by atoms with Crippen molar-refractivity contribution in [2.45, 2.75) is 58.4 Å². The zero-order valence-electron chi connectivity index (χ0n) is 20.2. The normalized spacial score (nSPS) is 11.5. The number of nitrogens with zero attached hydrogens (tertiary/aromatic N) is 1. The summed E-state index contributed by atoms with van der Waals surface area (Å²) in [5.74, 6) is 1.43. The average Bonchev–Trinajstić information content (AvgIpc) is 2.85. The Balaban J connectivity index is 1.95. The van der Waals surface area contributed by atoms with Crippen LogP contribution in [-0.4, -0.2) is 49.6 Å². The van der Waals surface area contributed by atoms with Crippen molar-refractivity contribution in [1.29, 1.82) is 0 Å². The molecule has 0 heterocycles. The molecular formula is C27H38N2O4. The Morgan fingerprint density at radius 2 is 1.67 bits per heavy atom. The van der Waals surface area contributed by atoms with E-state index in [4.69, 9.17) is 9.47 Å². The predicted molar refractivity (Wildman–Crippen MR) is 132 cm³/mol. The van der Waals surface area contributed by atoms with Crippen LogP contribution in [0.3, 0.4) is 0 Å². The van der Waals surface area contributed by atoms with Gasteiger partial charge in [0.25, 0.3) is 0 Å². The van der Waals surface area contributed by atoms with E-state index in [1.807, 2.05) is 61.5 Å². The van der Waals surface area contributed by atoms with Crippen LogP contribution in [0.5, 0.6) is 11.5 Å². The van der Waals surface area contributed by atoms with Crippen LogP contribution >= 0.6 is 0 Å². The second-order valence-corrected chi connectivity index (χ2v) is 8.02. The van der Waals surface area contributed by atoms with E-state index >= 15 is 0 Å². The first-order valence-corrected chi connectivity index (χ1v) is 12.0. The first-order valence-electron chi connectivity index (χ1n) is 12.0. The van der Waals surface area contributed by atoms with Gasteiger partial charge in [-0.25, -0.2) is 0 Å². The third kappa shape index (κ3) is 9.16. The molecule has 0 aromatic heterocycles. The fraction of sp³-hybridized carbons (Fsp3) is 0.481. The van der Waals surface area contributed by atoms with Gasteiger partial charge in [0.1, 0.15) is 17.5 Å². The van der Waals surface area contributed by atoms with E-state index in [1.54, 1.807) is 12.0 Å². The molecule has 6 nitrogen and oxygen atoms in total. The molecule has 0 fully saturated rings. The van der Waals surface area contributed by atoms with E-state index in [0.29, 0.717) is 45.4 Å². The van der Waals surface area contributed by atoms with E-state index in [1.165, 1.54) is 0 Å². The number of amides is 2. The summed E-state index contributed by atoms with van der Waals surface area (Å²) in [4.78, 5) is 27.8. The maximum absolute atomic E-state index is 13.2. The molecule has 0 aliphatic rings. The monoisotopic (exact) mass is 454 g/mol. The molecule has 2 rings (SSSR count). The highest BCUT2D eigenvalue weighted by atomic mass is 16.5. The Bertz CT molecular complexity index is 824. The molecule has 0 saturated heterocycles. The third-order valence-electron chi connectivity index (χ3n) is 5.56. The maximum Gasteiger partial charge on any atom is 0.242 e. The third-order valence-corrected chi connectivity index (χ3v) is 5.56. The predicted octanol–water partition coefficient (Wildman–Crippen LogP) is 4.62. The molecule has 1 atom stereocenters. The van der Waals surface area contributed by atoms with Crippen molar-refractivity contribution in [3.63, 3.8) is 0 Å². The van der Waals surface area contributed by atoms with Crippen LogP contribution in [0.1, 0.15) is 51.5 Å². The van der Waals surface area contributed by atoms with Crippen LogP contribution < -0.4 is 14.8 Å². The highest BCUT2D eigenvalue weighted by Crippen LogP contribution is 2.17. The van der Waals surface area contributed by atoms with Gasteiger partial charge in [0.2, 0.25) is 11.8 Å². The number of benzene rings is 2. The number of ether oxygens (including phenoxy) is 2. The minimum absolute atomic E-state index is 0.0123. The second-order valence-electron chi connectivity index (χ2n) is 8.02. The molecule has 1 unspecified atom stereocenters. The minimum Gasteiger partial charge on any atom is -0.497 e. The van der Waals surface area contributed by atoms with Crippen LogP contribution in [0.4, 0.5) is 0 Å². The SMILES string of the molecule is CCCCNC(=O)C(CC)N(CCc1ccccc1)C(=O)CCCOc1ccc(OC)cc1. The van der Waals surface area contributed by atoms with E-state index in [0.717, 1.165) is 29.9 Å². The van der Waals surface area contributed by atoms with Crippen molar-refractivity contribution in [3.05, 3.63) is 60.2 Å². The van der Waals surface area contributed by atoms with Crippen molar-refractivity contribution in [2.75, 3.05) is 26.8 Å². The van der Waals surface area contributed by atoms with Gasteiger partial charge in [-0.05, 0) is 55.5 Å². The summed E-state index contributed by atoms with van der Waals surface area (Å²) in [5, 5.41) is 3.00. The van der Waals surface area contributed by atoms with Crippen LogP contribution in [0.15, 0.2) is 54.6 Å². The Morgan fingerprint density at radius 3 is 2.30 bits per heavy atom. The lowest BCUT2D eigenvalue weighted by Crippen LogP contribution is -2.50. The van der Waals surface area contributed by atoms with E-state index in [-0.39, 0.29) is 11.8 Å². The van der Waals surface area contributed by atoms with Crippen molar-refractivity contribution >= 4 is 11.8 Å². The summed E-state index contributed by atoms with van der Waals surface area (Å²) in [6, 6.07) is 17.0. The zero-order chi connectivity index (χ0) is 23.9. The van der Waals surface area contributed by atoms with Crippen LogP contribution in [0, 0.1) is 0 Å². The lowest BCUT2D eigenvalue weighted by Gasteiger charge is -2.30. The van der Waals surface area contributed by atoms with E-state index in [9.17, 15) is 9.59 Å². The molecule has 0 bridgehead atoms. The van der Waals surface area contributed by atoms with Crippen LogP contribution in [0.2, 0.25) is 0 Å². The number of unbranched alkanes of at least 4 members (excludes halogenated alkanes) is 1. The lowest BCUT2D eigenvalue weighted by molar-refractivity contribution is -0.140. The Morgan fingerprint density at radius 1 is 0.970 bits per heavy atom. The summed E-state index contributed by atoms with van der Waals surface area (Å²) < 4.78 is 10.9. The average molecular weight is 455 g/mol. The van der Waals surface area contributed by atoms with E-state index < -0.39 is 6.04 Å². The van der Waals surface area contributed by atoms with Gasteiger partial charge in [0.15, 0.2) is 0 Å². The van der Waals surface area contributed by atoms with Gasteiger partial charge >= 0.3 is 0 Å². The molecule has 33 heavy (non-hydrogen) atoms. The van der Waals surface area contributed by atoms with Crippen molar-refractivity contribution in [1.82, 2.24) is 10.2 Å². The maximum atomic E-state index is 13.2. The number of hydrogen-bond donors (Lipinski definition) is 1. The van der Waals surface area contributed by atoms with Gasteiger partial charge in [-0.1, -0.05) is 50.6 Å². The molecule has 1 N–H and O–H groups in total. The van der Waals surface area contributed by atoms with Gasteiger partial charge in [0, 0.05) is 19.5 Å². The summed E-state index contributed by atoms with van der Waals surface area (Å²) in [7, 11) is 1.62. The number of methoxy groups -OCH3 is 1. The minimum atomic E-state index is -0.458. The standard InChI is InChI=1S/C27H38N2O4/c1-4-6-19-28-27(31)25(5-2)29(20-18-22-11-8-7-9-12-22)26(30)13-10-21-33-24-16-14-23(32-3)15-17-24/h7-9,11-12,14-17,25H,4-6,10,13,18-21H2,1-3H3,(H,28,31). The molecular weight excluding hydrogens is 416 g/mol. The van der Waals surface area contributed by atoms with Crippen molar-refractivity contribution in [3.8, 4) is 11.5 Å². The molecule has 180 valence electrons. The van der Waals surface area contributed by atoms with Gasteiger partial charge in [0.05, 0.1) is 13.7 Å². The summed E-state index contributed by atoms with van der Waals surface area (Å²) in [5.41, 5.74) is 1.15. The number of carbonyl (C=O) groups excluding carboxylic acids is 2. The van der Waals surface area contributed by atoms with Gasteiger partial charge < -0.3 is 19.7 Å². The fourth-order valence-corrected chi connectivity index (χ4v) is 3.63. The van der Waals surface area contributed by atoms with Gasteiger partial charge in [-0.15, -0.1) is 0 Å². The molecule has 2 aromatic carbocycles. The molecule has 6 heteroatoms. The first kappa shape index (κ1) is 26.2. The summed E-state index contributed by atoms with van der Waals surface area (Å²) >= 11 is 0. The van der Waals surface area contributed by atoms with Crippen LogP contribution in [0.25, 0.3) is 0 Å². The number of rotatable bonds is 15. The number of nitrogens with one attached hydrogen (secondary N) is 1. The van der Waals surface area contributed by atoms with Crippen molar-refractivity contribution in [2.24, 2.45) is 0 Å². The zero-order valence-corrected chi connectivity index (χ0v) is 20.2. The summed E-state index contributed by atoms with van der Waals surface area (Å²) in [6.07, 6.45) is 4.17. The molecule has 0 aliphatic heterocycles. The smallest absolute Gasteiger partial charge is 0.242 e. The molecule has 2 amide bonds. The molecule has 0 aliphatic carbocycles. The fourth-order valence-electron chi connectivity index (χ4n) is 3.63. The van der Waals surface area contributed by atoms with Gasteiger partial charge in [-0.3, -0.25) is 9.59 Å². The highest BCUT2D eigenvalue weighted by Gasteiger charge is 2.27. The number of carbonyl (C=O) groups is 2. The summed E-state index contributed by atoms with van der Waals surface area (Å²) in [6.45, 7) is 5.64. The number of hydrogen-bond acceptors (Lipinski definition) is 4. The molecule has 0 spiro atoms. The van der Waals surface area contributed by atoms with E-state index in [2.05, 4.69) is 12.2 Å².